The minimum atomic E-state index is -1.83. The number of carboxylic acids is 1. The molecular weight excluding hydrogens is 503 g/mol. The molecule has 3 aromatic rings. The summed E-state index contributed by atoms with van der Waals surface area (Å²) in [6.07, 6.45) is -7.07. The van der Waals surface area contributed by atoms with Gasteiger partial charge in [0.15, 0.2) is 12.4 Å². The van der Waals surface area contributed by atoms with Crippen molar-refractivity contribution in [2.24, 2.45) is 4.99 Å². The number of carbonyl (C=O) groups is 1. The number of benzene rings is 2. The van der Waals surface area contributed by atoms with Gasteiger partial charge >= 0.3 is 5.97 Å². The number of hydrogen-bond acceptors (Lipinski definition) is 8. The number of aromatic nitrogens is 2. The minimum Gasteiger partial charge on any atom is -0.479 e. The summed E-state index contributed by atoms with van der Waals surface area (Å²) in [6.45, 7) is -0.0918. The van der Waals surface area contributed by atoms with Crippen molar-refractivity contribution in [2.45, 2.75) is 43.9 Å². The molecule has 1 fully saturated rings. The Balaban J connectivity index is 1.48. The Morgan fingerprint density at radius 1 is 1.14 bits per heavy atom. The standard InChI is InChI=1S/C24H21ClFN3O7/c25-11-5-6-16-14(7-11)18(13-3-1-2-4-15(13)26)28-9-12-8-27-17(29(12)16)10-35-24-21(32)19(30)20(31)22(36-24)23(33)34/h1-8,19-22,24,30-32H,9-10H2,(H,33,34)/t19-,20-,21+,22-,24+/m0/s1/i5+1,6+1,7+1,11+1,14+1,16+1. The third-order valence-electron chi connectivity index (χ3n) is 6.08. The van der Waals surface area contributed by atoms with Gasteiger partial charge in [0.05, 0.1) is 29.8 Å². The summed E-state index contributed by atoms with van der Waals surface area (Å²) in [5.74, 6) is -1.60. The highest BCUT2D eigenvalue weighted by Gasteiger charge is 2.47. The highest BCUT2D eigenvalue weighted by Crippen LogP contribution is 2.30. The molecule has 4 N–H and O–H groups in total. The predicted octanol–water partition coefficient (Wildman–Crippen LogP) is 1.42. The summed E-state index contributed by atoms with van der Waals surface area (Å²) in [4.78, 5) is 20.4. The van der Waals surface area contributed by atoms with Gasteiger partial charge in [-0.05, 0) is 30.3 Å². The van der Waals surface area contributed by atoms with E-state index in [0.717, 1.165) is 0 Å². The number of aliphatic imine (C=N–C) groups is 1. The van der Waals surface area contributed by atoms with Crippen LogP contribution in [0.3, 0.4) is 0 Å². The highest BCUT2D eigenvalue weighted by molar-refractivity contribution is 6.31. The SMILES string of the molecule is O=C(O)[C@H]1O[C@@H](OCc2ncc3n2-[13c]2[13cH][13cH][13c](Cl)[13cH][13c]2C(c2ccccc2F)=NC3)[C@H](O)[C@@H](O)[C@@H]1O. The molecule has 5 rings (SSSR count). The fourth-order valence-electron chi connectivity index (χ4n) is 4.31. The number of aliphatic carboxylic acids is 1. The zero-order chi connectivity index (χ0) is 25.6. The van der Waals surface area contributed by atoms with Gasteiger partial charge < -0.3 is 29.9 Å². The number of aliphatic hydroxyl groups excluding tert-OH is 3. The Hall–Kier alpha value is -3.19. The molecule has 5 atom stereocenters. The van der Waals surface area contributed by atoms with Crippen molar-refractivity contribution >= 4 is 23.3 Å². The predicted molar refractivity (Wildman–Crippen MR) is 123 cm³/mol. The summed E-state index contributed by atoms with van der Waals surface area (Å²) in [5, 5.41) is 39.8. The first-order chi connectivity index (χ1) is 17.3. The van der Waals surface area contributed by atoms with E-state index >= 15 is 0 Å². The Kier molecular flexibility index (Phi) is 6.60. The molecule has 188 valence electrons. The zero-order valence-corrected chi connectivity index (χ0v) is 19.3. The van der Waals surface area contributed by atoms with Crippen LogP contribution in [0.1, 0.15) is 22.6 Å². The number of hydrogen-bond donors (Lipinski definition) is 4. The Labute approximate surface area is 208 Å². The van der Waals surface area contributed by atoms with Gasteiger partial charge in [0.1, 0.15) is 36.6 Å². The first kappa shape index (κ1) is 24.5. The minimum absolute atomic E-state index is 0.164. The summed E-state index contributed by atoms with van der Waals surface area (Å²) >= 11 is 6.27. The van der Waals surface area contributed by atoms with Crippen LogP contribution in [-0.4, -0.2) is 72.4 Å². The third-order valence-corrected chi connectivity index (χ3v) is 6.32. The molecule has 1 aromatic heterocycles. The lowest BCUT2D eigenvalue weighted by atomic mass is 9.99. The molecule has 0 radical (unpaired) electrons. The van der Waals surface area contributed by atoms with Crippen LogP contribution in [0.5, 0.6) is 0 Å². The summed E-state index contributed by atoms with van der Waals surface area (Å²) < 4.78 is 27.2. The van der Waals surface area contributed by atoms with Gasteiger partial charge in [-0.1, -0.05) is 23.7 Å². The van der Waals surface area contributed by atoms with Gasteiger partial charge in [0.25, 0.3) is 0 Å². The van der Waals surface area contributed by atoms with E-state index in [1.54, 1.807) is 47.2 Å². The average molecular weight is 524 g/mol. The average Bonchev–Trinajstić information content (AvgIpc) is 3.18. The molecule has 36 heavy (non-hydrogen) atoms. The van der Waals surface area contributed by atoms with E-state index in [9.17, 15) is 29.6 Å². The van der Waals surface area contributed by atoms with Crippen LogP contribution in [0.25, 0.3) is 5.69 Å². The van der Waals surface area contributed by atoms with Crippen LogP contribution < -0.4 is 0 Å². The van der Waals surface area contributed by atoms with Gasteiger partial charge in [0, 0.05) is 16.1 Å². The molecule has 0 spiro atoms. The summed E-state index contributed by atoms with van der Waals surface area (Å²) in [5.41, 5.74) is 2.54. The van der Waals surface area contributed by atoms with E-state index in [2.05, 4.69) is 9.98 Å². The molecule has 12 heteroatoms. The Bertz CT molecular complexity index is 1350. The van der Waals surface area contributed by atoms with E-state index in [0.29, 0.717) is 39.1 Å². The van der Waals surface area contributed by atoms with Gasteiger partial charge in [-0.25, -0.2) is 14.2 Å². The van der Waals surface area contributed by atoms with Crippen LogP contribution >= 0.6 is 11.6 Å². The van der Waals surface area contributed by atoms with Crippen molar-refractivity contribution < 1.29 is 39.1 Å². The number of aliphatic hydroxyl groups is 3. The molecule has 3 heterocycles. The molecule has 0 saturated carbocycles. The van der Waals surface area contributed by atoms with E-state index in [1.807, 2.05) is 0 Å². The lowest BCUT2D eigenvalue weighted by molar-refractivity contribution is -0.297. The van der Waals surface area contributed by atoms with Crippen LogP contribution in [-0.2, 0) is 27.4 Å². The van der Waals surface area contributed by atoms with Gasteiger partial charge in [-0.2, -0.15) is 0 Å². The van der Waals surface area contributed by atoms with Crippen molar-refractivity contribution in [2.75, 3.05) is 0 Å². The number of halogens is 2. The molecule has 2 aliphatic heterocycles. The molecule has 0 unspecified atom stereocenters. The number of imidazole rings is 1. The maximum Gasteiger partial charge on any atom is 0.335 e. The van der Waals surface area contributed by atoms with E-state index in [-0.39, 0.29) is 13.2 Å². The number of carboxylic acid groups (broad SMARTS) is 1. The number of rotatable bonds is 5. The molecule has 2 aromatic carbocycles. The molecule has 2 aliphatic rings. The van der Waals surface area contributed by atoms with Crippen molar-refractivity contribution in [1.82, 2.24) is 9.55 Å². The summed E-state index contributed by atoms with van der Waals surface area (Å²) in [7, 11) is 0. The monoisotopic (exact) mass is 523 g/mol. The smallest absolute Gasteiger partial charge is 0.335 e. The highest BCUT2D eigenvalue weighted by atomic mass is 35.5. The second-order valence-corrected chi connectivity index (χ2v) is 8.79. The van der Waals surface area contributed by atoms with E-state index in [1.165, 1.54) is 6.07 Å². The second-order valence-electron chi connectivity index (χ2n) is 8.35. The van der Waals surface area contributed by atoms with E-state index < -0.39 is 42.5 Å². The van der Waals surface area contributed by atoms with Crippen molar-refractivity contribution in [3.05, 3.63) is 82.1 Å². The maximum atomic E-state index is 14.7. The molecule has 0 bridgehead atoms. The molecule has 10 nitrogen and oxygen atoms in total. The second kappa shape index (κ2) is 9.69. The first-order valence-corrected chi connectivity index (χ1v) is 11.3. The fourth-order valence-corrected chi connectivity index (χ4v) is 4.48. The van der Waals surface area contributed by atoms with Crippen molar-refractivity contribution in [3.63, 3.8) is 0 Å². The number of nitrogens with zero attached hydrogens (tertiary/aromatic N) is 3. The quantitative estimate of drug-likeness (QED) is 0.393. The Morgan fingerprint density at radius 2 is 1.92 bits per heavy atom. The maximum absolute atomic E-state index is 14.7. The topological polar surface area (TPSA) is 147 Å². The van der Waals surface area contributed by atoms with Crippen molar-refractivity contribution in [3.8, 4) is 5.69 Å². The zero-order valence-electron chi connectivity index (χ0n) is 18.5. The first-order valence-electron chi connectivity index (χ1n) is 11.0. The van der Waals surface area contributed by atoms with Crippen molar-refractivity contribution in [1.29, 1.82) is 0 Å². The Morgan fingerprint density at radius 3 is 2.67 bits per heavy atom. The van der Waals surface area contributed by atoms with Crippen LogP contribution in [0.4, 0.5) is 4.39 Å². The fraction of sp³-hybridized carbons (Fsp3) is 0.292. The molecular formula is C24H21ClFN3O7. The van der Waals surface area contributed by atoms with E-state index in [4.69, 9.17) is 21.1 Å². The van der Waals surface area contributed by atoms with Crippen LogP contribution in [0.15, 0.2) is 53.7 Å². The lowest BCUT2D eigenvalue weighted by Crippen LogP contribution is -2.60. The lowest BCUT2D eigenvalue weighted by Gasteiger charge is -2.38. The molecule has 1 saturated heterocycles. The summed E-state index contributed by atoms with van der Waals surface area (Å²) in [6, 6.07) is 11.3. The van der Waals surface area contributed by atoms with Gasteiger partial charge in [-0.3, -0.25) is 9.56 Å². The third kappa shape index (κ3) is 4.30. The number of ether oxygens (including phenoxy) is 2. The van der Waals surface area contributed by atoms with Crippen LogP contribution in [0, 0.1) is 5.82 Å². The van der Waals surface area contributed by atoms with Gasteiger partial charge in [0.2, 0.25) is 0 Å². The normalized spacial score (nSPS) is 25.5. The molecule has 0 amide bonds. The number of fused-ring (bicyclic) bond motifs is 3. The molecule has 0 aliphatic carbocycles. The van der Waals surface area contributed by atoms with Crippen LogP contribution in [0.2, 0.25) is 5.02 Å². The van der Waals surface area contributed by atoms with Gasteiger partial charge in [-0.15, -0.1) is 0 Å². The largest absolute Gasteiger partial charge is 0.479 e.